The number of fused-ring (bicyclic) bond motifs is 1. The van der Waals surface area contributed by atoms with Crippen molar-refractivity contribution in [1.29, 1.82) is 0 Å². The van der Waals surface area contributed by atoms with Gasteiger partial charge in [-0.25, -0.2) is 13.9 Å². The van der Waals surface area contributed by atoms with Crippen LogP contribution in [0, 0.1) is 11.7 Å². The number of piperazine rings is 1. The van der Waals surface area contributed by atoms with Crippen LogP contribution >= 0.6 is 0 Å². The van der Waals surface area contributed by atoms with E-state index < -0.39 is 0 Å². The first kappa shape index (κ1) is 19.9. The Morgan fingerprint density at radius 1 is 1.14 bits per heavy atom. The molecule has 7 heteroatoms. The van der Waals surface area contributed by atoms with Crippen LogP contribution < -0.4 is 0 Å². The Balaban J connectivity index is 1.40. The zero-order chi connectivity index (χ0) is 20.4. The molecule has 1 aromatic carbocycles. The molecule has 1 fully saturated rings. The first-order valence-electron chi connectivity index (χ1n) is 10.5. The number of hydrogen-bond acceptors (Lipinski definition) is 4. The molecule has 29 heavy (non-hydrogen) atoms. The predicted molar refractivity (Wildman–Crippen MR) is 109 cm³/mol. The van der Waals surface area contributed by atoms with Crippen LogP contribution in [0.2, 0.25) is 0 Å². The van der Waals surface area contributed by atoms with E-state index in [-0.39, 0.29) is 11.9 Å². The number of aromatic nitrogens is 2. The highest BCUT2D eigenvalue weighted by atomic mass is 19.1. The van der Waals surface area contributed by atoms with Gasteiger partial charge in [0.05, 0.1) is 18.0 Å². The van der Waals surface area contributed by atoms with Crippen molar-refractivity contribution in [2.24, 2.45) is 5.92 Å². The number of hydrogen-bond donors (Lipinski definition) is 0. The summed E-state index contributed by atoms with van der Waals surface area (Å²) in [6.07, 6.45) is 2.99. The average Bonchev–Trinajstić information content (AvgIpc) is 3.31. The average molecular weight is 400 g/mol. The van der Waals surface area contributed by atoms with Gasteiger partial charge in [-0.3, -0.25) is 4.90 Å². The van der Waals surface area contributed by atoms with Crippen LogP contribution in [0.1, 0.15) is 37.2 Å². The van der Waals surface area contributed by atoms with Crippen LogP contribution in [-0.4, -0.2) is 58.5 Å². The minimum atomic E-state index is -0.234. The lowest BCUT2D eigenvalue weighted by molar-refractivity contribution is 0.0672. The van der Waals surface area contributed by atoms with Gasteiger partial charge in [0.1, 0.15) is 5.82 Å². The molecule has 1 aliphatic heterocycles. The number of carbonyl (C=O) groups excluding carboxylic acids is 1. The fourth-order valence-electron chi connectivity index (χ4n) is 4.07. The Kier molecular flexibility index (Phi) is 5.85. The predicted octanol–water partition coefficient (Wildman–Crippen LogP) is 3.41. The van der Waals surface area contributed by atoms with Crippen LogP contribution in [0.4, 0.5) is 9.18 Å². The maximum Gasteiger partial charge on any atom is 0.409 e. The summed E-state index contributed by atoms with van der Waals surface area (Å²) in [5.41, 5.74) is 4.61. The van der Waals surface area contributed by atoms with Gasteiger partial charge in [-0.05, 0) is 55.0 Å². The Bertz CT molecular complexity index is 854. The highest BCUT2D eigenvalue weighted by Gasteiger charge is 2.27. The van der Waals surface area contributed by atoms with Gasteiger partial charge in [-0.1, -0.05) is 13.8 Å². The summed E-state index contributed by atoms with van der Waals surface area (Å²) in [5, 5.41) is 4.88. The van der Waals surface area contributed by atoms with Crippen molar-refractivity contribution in [2.45, 2.75) is 39.7 Å². The molecule has 0 radical (unpaired) electrons. The molecule has 156 valence electrons. The maximum atomic E-state index is 13.3. The number of carbonyl (C=O) groups is 1. The number of nitrogens with zero attached hydrogens (tertiary/aromatic N) is 4. The molecule has 2 heterocycles. The summed E-state index contributed by atoms with van der Waals surface area (Å²) in [5.74, 6) is 0.112. The van der Waals surface area contributed by atoms with Crippen LogP contribution in [0.3, 0.4) is 0 Å². The van der Waals surface area contributed by atoms with E-state index in [2.05, 4.69) is 4.90 Å². The molecule has 6 nitrogen and oxygen atoms in total. The summed E-state index contributed by atoms with van der Waals surface area (Å²) in [6, 6.07) is 6.53. The first-order chi connectivity index (χ1) is 14.0. The zero-order valence-corrected chi connectivity index (χ0v) is 17.2. The van der Waals surface area contributed by atoms with Gasteiger partial charge in [-0.15, -0.1) is 0 Å². The molecule has 1 saturated heterocycles. The largest absolute Gasteiger partial charge is 0.449 e. The van der Waals surface area contributed by atoms with E-state index in [0.717, 1.165) is 50.3 Å². The smallest absolute Gasteiger partial charge is 0.409 e. The van der Waals surface area contributed by atoms with E-state index in [1.54, 1.807) is 17.0 Å². The molecule has 1 aliphatic carbocycles. The van der Waals surface area contributed by atoms with Crippen molar-refractivity contribution in [3.8, 4) is 5.69 Å². The molecule has 2 aromatic rings. The summed E-state index contributed by atoms with van der Waals surface area (Å²) in [7, 11) is 0. The molecule has 0 bridgehead atoms. The molecule has 0 N–H and O–H groups in total. The molecule has 1 aromatic heterocycles. The van der Waals surface area contributed by atoms with Gasteiger partial charge < -0.3 is 9.64 Å². The van der Waals surface area contributed by atoms with Crippen LogP contribution in [-0.2, 0) is 24.1 Å². The third-order valence-electron chi connectivity index (χ3n) is 5.63. The highest BCUT2D eigenvalue weighted by Crippen LogP contribution is 2.29. The molecular formula is C22H29FN4O2. The number of benzene rings is 1. The Morgan fingerprint density at radius 2 is 1.86 bits per heavy atom. The lowest BCUT2D eigenvalue weighted by atomic mass is 10.2. The molecule has 1 amide bonds. The quantitative estimate of drug-likeness (QED) is 0.772. The third kappa shape index (κ3) is 4.45. The summed E-state index contributed by atoms with van der Waals surface area (Å²) >= 11 is 0. The molecule has 0 atom stereocenters. The SMILES string of the molecule is CC(C)COC(=O)N1CCN(Cc2nn(-c3ccc(F)cc3)c3c2CCC3)CC1. The number of rotatable bonds is 5. The molecule has 2 aliphatic rings. The zero-order valence-electron chi connectivity index (χ0n) is 17.2. The fourth-order valence-corrected chi connectivity index (χ4v) is 4.07. The summed E-state index contributed by atoms with van der Waals surface area (Å²) in [4.78, 5) is 16.3. The van der Waals surface area contributed by atoms with Gasteiger partial charge in [0.2, 0.25) is 0 Å². The lowest BCUT2D eigenvalue weighted by Crippen LogP contribution is -2.48. The topological polar surface area (TPSA) is 50.6 Å². The lowest BCUT2D eigenvalue weighted by Gasteiger charge is -2.33. The highest BCUT2D eigenvalue weighted by molar-refractivity contribution is 5.67. The second-order valence-electron chi connectivity index (χ2n) is 8.35. The molecule has 0 unspecified atom stereocenters. The van der Waals surface area contributed by atoms with E-state index in [9.17, 15) is 9.18 Å². The van der Waals surface area contributed by atoms with Crippen molar-refractivity contribution in [1.82, 2.24) is 19.6 Å². The van der Waals surface area contributed by atoms with Crippen molar-refractivity contribution in [3.63, 3.8) is 0 Å². The van der Waals surface area contributed by atoms with Crippen molar-refractivity contribution in [3.05, 3.63) is 47.0 Å². The maximum absolute atomic E-state index is 13.3. The minimum absolute atomic E-state index is 0.208. The van der Waals surface area contributed by atoms with Crippen molar-refractivity contribution in [2.75, 3.05) is 32.8 Å². The summed E-state index contributed by atoms with van der Waals surface area (Å²) < 4.78 is 20.6. The van der Waals surface area contributed by atoms with E-state index in [0.29, 0.717) is 25.6 Å². The molecule has 0 saturated carbocycles. The molecule has 0 spiro atoms. The van der Waals surface area contributed by atoms with E-state index in [4.69, 9.17) is 9.84 Å². The first-order valence-corrected chi connectivity index (χ1v) is 10.5. The van der Waals surface area contributed by atoms with Gasteiger partial charge in [-0.2, -0.15) is 5.10 Å². The summed E-state index contributed by atoms with van der Waals surface area (Å²) in [6.45, 7) is 8.31. The van der Waals surface area contributed by atoms with Crippen LogP contribution in [0.15, 0.2) is 24.3 Å². The fraction of sp³-hybridized carbons (Fsp3) is 0.545. The molecule has 4 rings (SSSR count). The van der Waals surface area contributed by atoms with Gasteiger partial charge >= 0.3 is 6.09 Å². The second kappa shape index (κ2) is 8.53. The van der Waals surface area contributed by atoms with Crippen molar-refractivity contribution < 1.29 is 13.9 Å². The van der Waals surface area contributed by atoms with E-state index >= 15 is 0 Å². The van der Waals surface area contributed by atoms with Crippen LogP contribution in [0.5, 0.6) is 0 Å². The number of ether oxygens (including phenoxy) is 1. The Morgan fingerprint density at radius 3 is 2.55 bits per heavy atom. The van der Waals surface area contributed by atoms with E-state index in [1.807, 2.05) is 18.5 Å². The van der Waals surface area contributed by atoms with Gasteiger partial charge in [0.25, 0.3) is 0 Å². The second-order valence-corrected chi connectivity index (χ2v) is 8.35. The van der Waals surface area contributed by atoms with E-state index in [1.165, 1.54) is 23.4 Å². The molecular weight excluding hydrogens is 371 g/mol. The Hall–Kier alpha value is -2.41. The number of amides is 1. The van der Waals surface area contributed by atoms with Crippen LogP contribution in [0.25, 0.3) is 5.69 Å². The van der Waals surface area contributed by atoms with Gasteiger partial charge in [0.15, 0.2) is 0 Å². The normalized spacial score (nSPS) is 17.0. The third-order valence-corrected chi connectivity index (χ3v) is 5.63. The van der Waals surface area contributed by atoms with Gasteiger partial charge in [0, 0.05) is 38.4 Å². The standard InChI is InChI=1S/C22H29FN4O2/c1-16(2)15-29-22(28)26-12-10-25(11-13-26)14-20-19-4-3-5-21(19)27(24-20)18-8-6-17(23)7-9-18/h6-9,16H,3-5,10-15H2,1-2H3. The monoisotopic (exact) mass is 400 g/mol. The number of halogens is 1. The Labute approximate surface area is 171 Å². The minimum Gasteiger partial charge on any atom is -0.449 e. The van der Waals surface area contributed by atoms with Crippen molar-refractivity contribution >= 4 is 6.09 Å².